The van der Waals surface area contributed by atoms with Gasteiger partial charge in [0, 0.05) is 30.8 Å². The van der Waals surface area contributed by atoms with Crippen LogP contribution in [0.25, 0.3) is 0 Å². The Kier molecular flexibility index (Phi) is 5.34. The van der Waals surface area contributed by atoms with Crippen LogP contribution in [0, 0.1) is 10.1 Å². The molecule has 0 aliphatic rings. The number of hydrogen-bond acceptors (Lipinski definition) is 5. The summed E-state index contributed by atoms with van der Waals surface area (Å²) < 4.78 is 26.7. The van der Waals surface area contributed by atoms with Crippen molar-refractivity contribution in [1.82, 2.24) is 4.31 Å². The van der Waals surface area contributed by atoms with E-state index in [9.17, 15) is 23.3 Å². The highest BCUT2D eigenvalue weighted by Gasteiger charge is 2.27. The van der Waals surface area contributed by atoms with Crippen LogP contribution in [0.2, 0.25) is 0 Å². The molecule has 0 aliphatic carbocycles. The zero-order valence-corrected chi connectivity index (χ0v) is 14.9. The lowest BCUT2D eigenvalue weighted by atomic mass is 10.1. The molecule has 2 rings (SSSR count). The number of rotatable bonds is 6. The number of Topliss-reactive ketones (excluding diaryl/α,β-unsaturated/α-hetero) is 1. The molecule has 0 saturated carbocycles. The van der Waals surface area contributed by atoms with E-state index >= 15 is 0 Å². The van der Waals surface area contributed by atoms with E-state index in [0.29, 0.717) is 11.1 Å². The Morgan fingerprint density at radius 2 is 1.76 bits per heavy atom. The quantitative estimate of drug-likeness (QED) is 0.446. The summed E-state index contributed by atoms with van der Waals surface area (Å²) in [6.07, 6.45) is 0. The first-order chi connectivity index (χ1) is 11.6. The van der Waals surface area contributed by atoms with E-state index in [1.807, 2.05) is 0 Å². The van der Waals surface area contributed by atoms with Gasteiger partial charge in [-0.3, -0.25) is 14.9 Å². The number of sulfonamides is 1. The Bertz CT molecular complexity index is 907. The first-order valence-electron chi connectivity index (χ1n) is 7.48. The number of carbonyl (C=O) groups excluding carboxylic acids is 1. The van der Waals surface area contributed by atoms with Crippen molar-refractivity contribution in [1.29, 1.82) is 0 Å². The Balaban J connectivity index is 2.34. The zero-order chi connectivity index (χ0) is 18.8. The van der Waals surface area contributed by atoms with Crippen LogP contribution < -0.4 is 0 Å². The molecule has 25 heavy (non-hydrogen) atoms. The summed E-state index contributed by atoms with van der Waals surface area (Å²) >= 11 is 0. The molecule has 1 atom stereocenters. The predicted molar refractivity (Wildman–Crippen MR) is 92.9 cm³/mol. The van der Waals surface area contributed by atoms with Crippen molar-refractivity contribution in [2.24, 2.45) is 0 Å². The van der Waals surface area contributed by atoms with Crippen molar-refractivity contribution >= 4 is 21.5 Å². The summed E-state index contributed by atoms with van der Waals surface area (Å²) in [6, 6.07) is 10.9. The molecule has 0 aromatic heterocycles. The number of nitro benzene ring substituents is 1. The highest BCUT2D eigenvalue weighted by molar-refractivity contribution is 7.89. The Hall–Kier alpha value is -2.58. The van der Waals surface area contributed by atoms with Crippen LogP contribution in [0.1, 0.15) is 35.8 Å². The van der Waals surface area contributed by atoms with Gasteiger partial charge in [-0.05, 0) is 31.5 Å². The highest BCUT2D eigenvalue weighted by Crippen LogP contribution is 2.28. The van der Waals surface area contributed by atoms with Crippen molar-refractivity contribution in [3.05, 3.63) is 69.8 Å². The smallest absolute Gasteiger partial charge is 0.269 e. The average molecular weight is 362 g/mol. The van der Waals surface area contributed by atoms with Gasteiger partial charge in [0.2, 0.25) is 10.0 Å². The van der Waals surface area contributed by atoms with E-state index in [1.165, 1.54) is 56.4 Å². The van der Waals surface area contributed by atoms with E-state index in [0.717, 1.165) is 4.31 Å². The number of nitro groups is 1. The normalized spacial score (nSPS) is 12.8. The van der Waals surface area contributed by atoms with Gasteiger partial charge >= 0.3 is 0 Å². The number of benzene rings is 2. The fourth-order valence-corrected chi connectivity index (χ4v) is 3.69. The molecular formula is C17H18N2O5S. The second-order valence-electron chi connectivity index (χ2n) is 5.63. The second kappa shape index (κ2) is 7.12. The molecule has 132 valence electrons. The first-order valence-corrected chi connectivity index (χ1v) is 8.92. The van der Waals surface area contributed by atoms with Crippen LogP contribution in [-0.4, -0.2) is 30.5 Å². The Morgan fingerprint density at radius 3 is 2.28 bits per heavy atom. The molecule has 0 heterocycles. The lowest BCUT2D eigenvalue weighted by molar-refractivity contribution is -0.384. The minimum Gasteiger partial charge on any atom is -0.295 e. The maximum absolute atomic E-state index is 12.8. The van der Waals surface area contributed by atoms with E-state index in [2.05, 4.69) is 0 Å². The Morgan fingerprint density at radius 1 is 1.16 bits per heavy atom. The van der Waals surface area contributed by atoms with Crippen molar-refractivity contribution in [2.45, 2.75) is 24.8 Å². The van der Waals surface area contributed by atoms with Crippen LogP contribution in [0.4, 0.5) is 5.69 Å². The molecule has 0 spiro atoms. The van der Waals surface area contributed by atoms with Gasteiger partial charge in [-0.25, -0.2) is 8.42 Å². The van der Waals surface area contributed by atoms with Crippen molar-refractivity contribution in [2.75, 3.05) is 7.05 Å². The lowest BCUT2D eigenvalue weighted by Crippen LogP contribution is -2.29. The molecule has 1 unspecified atom stereocenters. The zero-order valence-electron chi connectivity index (χ0n) is 14.0. The van der Waals surface area contributed by atoms with Gasteiger partial charge in [0.15, 0.2) is 5.78 Å². The molecule has 0 N–H and O–H groups in total. The monoisotopic (exact) mass is 362 g/mol. The first kappa shape index (κ1) is 18.8. The van der Waals surface area contributed by atoms with Crippen molar-refractivity contribution in [3.63, 3.8) is 0 Å². The molecule has 2 aromatic rings. The van der Waals surface area contributed by atoms with Crippen molar-refractivity contribution < 1.29 is 18.1 Å². The minimum absolute atomic E-state index is 0.0530. The maximum Gasteiger partial charge on any atom is 0.269 e. The number of carbonyl (C=O) groups is 1. The van der Waals surface area contributed by atoms with Crippen LogP contribution in [0.5, 0.6) is 0 Å². The molecule has 0 aliphatic heterocycles. The van der Waals surface area contributed by atoms with Gasteiger partial charge < -0.3 is 0 Å². The summed E-state index contributed by atoms with van der Waals surface area (Å²) in [7, 11) is -2.40. The minimum atomic E-state index is -3.81. The molecule has 0 radical (unpaired) electrons. The molecule has 0 saturated heterocycles. The summed E-state index contributed by atoms with van der Waals surface area (Å²) in [6.45, 7) is 3.06. The standard InChI is InChI=1S/C17H18N2O5S/c1-12(15-5-4-6-16(11-15)19(21)22)18(3)25(23,24)17-9-7-14(8-10-17)13(2)20/h4-12H,1-3H3. The molecule has 8 heteroatoms. The van der Waals surface area contributed by atoms with Gasteiger partial charge in [-0.15, -0.1) is 0 Å². The predicted octanol–water partition coefficient (Wildman–Crippen LogP) is 3.18. The third-order valence-corrected chi connectivity index (χ3v) is 5.99. The van der Waals surface area contributed by atoms with Crippen LogP contribution in [0.15, 0.2) is 53.4 Å². The fraction of sp³-hybridized carbons (Fsp3) is 0.235. The second-order valence-corrected chi connectivity index (χ2v) is 7.63. The lowest BCUT2D eigenvalue weighted by Gasteiger charge is -2.24. The van der Waals surface area contributed by atoms with Gasteiger partial charge in [0.05, 0.1) is 9.82 Å². The third kappa shape index (κ3) is 3.92. The summed E-state index contributed by atoms with van der Waals surface area (Å²) in [5.41, 5.74) is 0.843. The molecular weight excluding hydrogens is 344 g/mol. The van der Waals surface area contributed by atoms with Gasteiger partial charge in [-0.2, -0.15) is 4.31 Å². The SMILES string of the molecule is CC(=O)c1ccc(S(=O)(=O)N(C)C(C)c2cccc([N+](=O)[O-])c2)cc1. The molecule has 0 bridgehead atoms. The molecule has 2 aromatic carbocycles. The fourth-order valence-electron chi connectivity index (χ4n) is 2.34. The average Bonchev–Trinajstić information content (AvgIpc) is 2.60. The Labute approximate surface area is 146 Å². The largest absolute Gasteiger partial charge is 0.295 e. The summed E-state index contributed by atoms with van der Waals surface area (Å²) in [5, 5.41) is 10.9. The number of ketones is 1. The van der Waals surface area contributed by atoms with Crippen LogP contribution >= 0.6 is 0 Å². The van der Waals surface area contributed by atoms with E-state index in [4.69, 9.17) is 0 Å². The topological polar surface area (TPSA) is 97.6 Å². The molecule has 0 amide bonds. The molecule has 7 nitrogen and oxygen atoms in total. The van der Waals surface area contributed by atoms with Crippen LogP contribution in [-0.2, 0) is 10.0 Å². The summed E-state index contributed by atoms with van der Waals surface area (Å²) in [4.78, 5) is 21.7. The van der Waals surface area contributed by atoms with Crippen LogP contribution in [0.3, 0.4) is 0 Å². The summed E-state index contributed by atoms with van der Waals surface area (Å²) in [5.74, 6) is -0.151. The molecule has 0 fully saturated rings. The number of nitrogens with zero attached hydrogens (tertiary/aromatic N) is 2. The van der Waals surface area contributed by atoms with Gasteiger partial charge in [0.25, 0.3) is 5.69 Å². The third-order valence-electron chi connectivity index (χ3n) is 4.05. The van der Waals surface area contributed by atoms with Gasteiger partial charge in [-0.1, -0.05) is 24.3 Å². The van der Waals surface area contributed by atoms with E-state index in [1.54, 1.807) is 13.0 Å². The van der Waals surface area contributed by atoms with Gasteiger partial charge in [0.1, 0.15) is 0 Å². The highest BCUT2D eigenvalue weighted by atomic mass is 32.2. The van der Waals surface area contributed by atoms with E-state index < -0.39 is 21.0 Å². The van der Waals surface area contributed by atoms with Crippen molar-refractivity contribution in [3.8, 4) is 0 Å². The number of hydrogen-bond donors (Lipinski definition) is 0. The number of non-ortho nitro benzene ring substituents is 1. The maximum atomic E-state index is 12.8. The van der Waals surface area contributed by atoms with E-state index in [-0.39, 0.29) is 16.4 Å².